The first-order valence-electron chi connectivity index (χ1n) is 11.5. The average molecular weight is 523 g/mol. The van der Waals surface area contributed by atoms with E-state index in [1.807, 2.05) is 51.1 Å². The van der Waals surface area contributed by atoms with Crippen LogP contribution in [0.4, 0.5) is 15.1 Å². The molecule has 186 valence electrons. The summed E-state index contributed by atoms with van der Waals surface area (Å²) in [6, 6.07) is 16.4. The molecule has 0 saturated carbocycles. The van der Waals surface area contributed by atoms with Gasteiger partial charge in [-0.2, -0.15) is 5.10 Å². The molecule has 2 N–H and O–H groups in total. The van der Waals surface area contributed by atoms with Crippen LogP contribution in [0.5, 0.6) is 0 Å². The Morgan fingerprint density at radius 1 is 1.08 bits per heavy atom. The number of nitrogens with zero attached hydrogens (tertiary/aromatic N) is 2. The molecule has 2 aromatic heterocycles. The van der Waals surface area contributed by atoms with Crippen LogP contribution < -0.4 is 10.6 Å². The van der Waals surface area contributed by atoms with Gasteiger partial charge in [0, 0.05) is 16.0 Å². The molecule has 0 radical (unpaired) electrons. The number of ether oxygens (including phenoxy) is 1. The topological polar surface area (TPSA) is 68.2 Å². The highest BCUT2D eigenvalue weighted by Gasteiger charge is 2.25. The standard InChI is InChI=1S/C27H27FN4O2S2/c1-5-34-26(33)23-22(19-11-7-6-8-12-19)18(4)36-25(23)30-27(35)29-24-16(2)31-32(17(24)3)15-20-13-9-10-14-21(20)28/h6-14H,5,15H2,1-4H3,(H2,29,30,35). The quantitative estimate of drug-likeness (QED) is 0.208. The molecule has 6 nitrogen and oxygen atoms in total. The summed E-state index contributed by atoms with van der Waals surface area (Å²) in [5.74, 6) is -0.679. The molecule has 4 rings (SSSR count). The van der Waals surface area contributed by atoms with Gasteiger partial charge >= 0.3 is 5.97 Å². The van der Waals surface area contributed by atoms with Crippen molar-refractivity contribution < 1.29 is 13.9 Å². The van der Waals surface area contributed by atoms with E-state index in [9.17, 15) is 9.18 Å². The Morgan fingerprint density at radius 3 is 2.47 bits per heavy atom. The zero-order valence-corrected chi connectivity index (χ0v) is 22.1. The number of aryl methyl sites for hydroxylation is 2. The van der Waals surface area contributed by atoms with Gasteiger partial charge in [0.15, 0.2) is 5.11 Å². The molecule has 4 aromatic rings. The summed E-state index contributed by atoms with van der Waals surface area (Å²) >= 11 is 7.06. The van der Waals surface area contributed by atoms with Gasteiger partial charge in [0.2, 0.25) is 0 Å². The van der Waals surface area contributed by atoms with Crippen LogP contribution in [0.1, 0.15) is 39.1 Å². The summed E-state index contributed by atoms with van der Waals surface area (Å²) in [5, 5.41) is 11.9. The maximum absolute atomic E-state index is 14.2. The Labute approximate surface area is 219 Å². The number of carbonyl (C=O) groups is 1. The van der Waals surface area contributed by atoms with Gasteiger partial charge in [0.25, 0.3) is 0 Å². The van der Waals surface area contributed by atoms with Gasteiger partial charge in [0.1, 0.15) is 16.4 Å². The summed E-state index contributed by atoms with van der Waals surface area (Å²) in [5.41, 5.74) is 5.05. The maximum atomic E-state index is 14.2. The van der Waals surface area contributed by atoms with Crippen molar-refractivity contribution in [3.63, 3.8) is 0 Å². The molecule has 0 spiro atoms. The summed E-state index contributed by atoms with van der Waals surface area (Å²) in [4.78, 5) is 13.9. The van der Waals surface area contributed by atoms with Gasteiger partial charge in [0.05, 0.1) is 30.2 Å². The van der Waals surface area contributed by atoms with Crippen molar-refractivity contribution in [1.82, 2.24) is 9.78 Å². The second-order valence-corrected chi connectivity index (χ2v) is 9.83. The zero-order valence-electron chi connectivity index (χ0n) is 20.5. The van der Waals surface area contributed by atoms with E-state index in [1.165, 1.54) is 17.4 Å². The molecule has 0 fully saturated rings. The van der Waals surface area contributed by atoms with E-state index in [1.54, 1.807) is 29.8 Å². The van der Waals surface area contributed by atoms with Crippen molar-refractivity contribution in [2.24, 2.45) is 0 Å². The molecular formula is C27H27FN4O2S2. The summed E-state index contributed by atoms with van der Waals surface area (Å²) in [7, 11) is 0. The number of carbonyl (C=O) groups excluding carboxylic acids is 1. The average Bonchev–Trinajstić information content (AvgIpc) is 3.31. The van der Waals surface area contributed by atoms with Crippen molar-refractivity contribution in [2.45, 2.75) is 34.2 Å². The lowest BCUT2D eigenvalue weighted by atomic mass is 10.0. The molecule has 0 amide bonds. The highest BCUT2D eigenvalue weighted by atomic mass is 32.1. The molecule has 0 atom stereocenters. The van der Waals surface area contributed by atoms with Crippen LogP contribution in [-0.2, 0) is 11.3 Å². The number of benzene rings is 2. The van der Waals surface area contributed by atoms with Crippen molar-refractivity contribution in [3.05, 3.63) is 87.8 Å². The number of hydrogen-bond acceptors (Lipinski definition) is 5. The SMILES string of the molecule is CCOC(=O)c1c(NC(=S)Nc2c(C)nn(Cc3ccccc3F)c2C)sc(C)c1-c1ccccc1. The fraction of sp³-hybridized carbons (Fsp3) is 0.222. The minimum Gasteiger partial charge on any atom is -0.462 e. The summed E-state index contributed by atoms with van der Waals surface area (Å²) in [6.07, 6.45) is 0. The van der Waals surface area contributed by atoms with Gasteiger partial charge in [-0.1, -0.05) is 48.5 Å². The van der Waals surface area contributed by atoms with Gasteiger partial charge in [-0.05, 0) is 51.5 Å². The highest BCUT2D eigenvalue weighted by Crippen LogP contribution is 2.40. The first-order chi connectivity index (χ1) is 17.3. The Balaban J connectivity index is 1.60. The zero-order chi connectivity index (χ0) is 25.8. The third kappa shape index (κ3) is 5.32. The van der Waals surface area contributed by atoms with Crippen LogP contribution in [0.3, 0.4) is 0 Å². The third-order valence-corrected chi connectivity index (χ3v) is 6.98. The van der Waals surface area contributed by atoms with Gasteiger partial charge in [-0.25, -0.2) is 9.18 Å². The van der Waals surface area contributed by atoms with E-state index >= 15 is 0 Å². The number of nitrogens with one attached hydrogen (secondary N) is 2. The fourth-order valence-corrected chi connectivity index (χ4v) is 5.39. The second-order valence-electron chi connectivity index (χ2n) is 8.20. The number of esters is 1. The lowest BCUT2D eigenvalue weighted by Gasteiger charge is -2.12. The van der Waals surface area contributed by atoms with E-state index in [4.69, 9.17) is 17.0 Å². The number of hydrogen-bond donors (Lipinski definition) is 2. The Morgan fingerprint density at radius 2 is 1.78 bits per heavy atom. The highest BCUT2D eigenvalue weighted by molar-refractivity contribution is 7.80. The molecule has 0 saturated heterocycles. The van der Waals surface area contributed by atoms with Crippen LogP contribution >= 0.6 is 23.6 Å². The molecular weight excluding hydrogens is 495 g/mol. The minimum atomic E-state index is -0.406. The van der Waals surface area contributed by atoms with E-state index in [0.717, 1.165) is 33.1 Å². The first-order valence-corrected chi connectivity index (χ1v) is 12.7. The van der Waals surface area contributed by atoms with Crippen molar-refractivity contribution >= 4 is 45.3 Å². The molecule has 0 aliphatic heterocycles. The number of thiocarbonyl (C=S) groups is 1. The predicted octanol–water partition coefficient (Wildman–Crippen LogP) is 6.71. The van der Waals surface area contributed by atoms with E-state index in [2.05, 4.69) is 15.7 Å². The number of rotatable bonds is 7. The number of halogens is 1. The Bertz CT molecular complexity index is 1410. The largest absolute Gasteiger partial charge is 0.462 e. The molecule has 0 aliphatic carbocycles. The summed E-state index contributed by atoms with van der Waals surface area (Å²) in [6.45, 7) is 8.09. The number of thiophene rings is 1. The Kier molecular flexibility index (Phi) is 7.81. The van der Waals surface area contributed by atoms with Gasteiger partial charge in [-0.15, -0.1) is 11.3 Å². The van der Waals surface area contributed by atoms with Crippen LogP contribution in [0.15, 0.2) is 54.6 Å². The fourth-order valence-electron chi connectivity index (χ4n) is 4.05. The van der Waals surface area contributed by atoms with E-state index < -0.39 is 5.97 Å². The number of aromatic nitrogens is 2. The normalized spacial score (nSPS) is 10.8. The van der Waals surface area contributed by atoms with Crippen molar-refractivity contribution in [3.8, 4) is 11.1 Å². The molecule has 0 unspecified atom stereocenters. The van der Waals surface area contributed by atoms with Crippen LogP contribution in [0, 0.1) is 26.6 Å². The maximum Gasteiger partial charge on any atom is 0.341 e. The molecule has 0 bridgehead atoms. The predicted molar refractivity (Wildman–Crippen MR) is 147 cm³/mol. The van der Waals surface area contributed by atoms with E-state index in [-0.39, 0.29) is 12.4 Å². The monoisotopic (exact) mass is 522 g/mol. The van der Waals surface area contributed by atoms with Crippen LogP contribution in [-0.4, -0.2) is 27.5 Å². The first kappa shape index (κ1) is 25.5. The molecule has 0 aliphatic rings. The summed E-state index contributed by atoms with van der Waals surface area (Å²) < 4.78 is 21.3. The lowest BCUT2D eigenvalue weighted by molar-refractivity contribution is 0.0529. The van der Waals surface area contributed by atoms with Gasteiger partial charge < -0.3 is 15.4 Å². The molecule has 9 heteroatoms. The van der Waals surface area contributed by atoms with E-state index in [0.29, 0.717) is 27.8 Å². The van der Waals surface area contributed by atoms with Crippen LogP contribution in [0.2, 0.25) is 0 Å². The van der Waals surface area contributed by atoms with Crippen LogP contribution in [0.25, 0.3) is 11.1 Å². The molecule has 2 aromatic carbocycles. The third-order valence-electron chi connectivity index (χ3n) is 5.75. The Hall–Kier alpha value is -3.56. The van der Waals surface area contributed by atoms with Gasteiger partial charge in [-0.3, -0.25) is 4.68 Å². The number of anilines is 2. The lowest BCUT2D eigenvalue weighted by Crippen LogP contribution is -2.21. The second kappa shape index (κ2) is 11.0. The smallest absolute Gasteiger partial charge is 0.341 e. The minimum absolute atomic E-state index is 0.268. The van der Waals surface area contributed by atoms with Crippen molar-refractivity contribution in [2.75, 3.05) is 17.2 Å². The molecule has 36 heavy (non-hydrogen) atoms. The molecule has 2 heterocycles. The van der Waals surface area contributed by atoms with Crippen molar-refractivity contribution in [1.29, 1.82) is 0 Å².